The molecule has 0 aromatic heterocycles. The summed E-state index contributed by atoms with van der Waals surface area (Å²) in [5.74, 6) is 0.813. The summed E-state index contributed by atoms with van der Waals surface area (Å²) in [6.45, 7) is 10.1. The van der Waals surface area contributed by atoms with E-state index in [1.165, 1.54) is 26.0 Å². The predicted molar refractivity (Wildman–Crippen MR) is 121 cm³/mol. The Labute approximate surface area is 191 Å². The third-order valence-corrected chi connectivity index (χ3v) is 7.80. The van der Waals surface area contributed by atoms with Crippen LogP contribution in [0.5, 0.6) is 0 Å². The van der Waals surface area contributed by atoms with E-state index >= 15 is 0 Å². The van der Waals surface area contributed by atoms with Crippen LogP contribution < -0.4 is 0 Å². The Morgan fingerprint density at radius 2 is 1.94 bits per heavy atom. The summed E-state index contributed by atoms with van der Waals surface area (Å²) in [5, 5.41) is 20.1. The van der Waals surface area contributed by atoms with Crippen LogP contribution in [0.4, 0.5) is 4.39 Å². The standard InChI is InChI=1S/C26H39FO5/c1-15-6-10-21(22-14-31-16(2)7-11-20(15)22)17(3)25(30)32-13-19-9-8-18(24(28)29)12-23(19)26(4,5)27/h8-9,12,15-17,20-22,25,30H,6-7,10-11,13-14H2,1-5H3,(H,28,29)/t15-,16?,17-,20+,21+,22?,25?/m1/s1. The van der Waals surface area contributed by atoms with Crippen molar-refractivity contribution in [2.24, 2.45) is 29.6 Å². The third-order valence-electron chi connectivity index (χ3n) is 7.80. The maximum absolute atomic E-state index is 14.8. The number of hydrogen-bond acceptors (Lipinski definition) is 4. The molecule has 3 rings (SSSR count). The summed E-state index contributed by atoms with van der Waals surface area (Å²) < 4.78 is 26.7. The molecule has 5 nitrogen and oxygen atoms in total. The summed E-state index contributed by atoms with van der Waals surface area (Å²) in [7, 11) is 0. The summed E-state index contributed by atoms with van der Waals surface area (Å²) >= 11 is 0. The number of aliphatic hydroxyl groups is 1. The Balaban J connectivity index is 1.71. The second kappa shape index (κ2) is 10.2. The number of rotatable bonds is 7. The highest BCUT2D eigenvalue weighted by atomic mass is 19.1. The Morgan fingerprint density at radius 3 is 2.59 bits per heavy atom. The van der Waals surface area contributed by atoms with Gasteiger partial charge in [-0.15, -0.1) is 0 Å². The molecule has 1 aliphatic carbocycles. The van der Waals surface area contributed by atoms with Gasteiger partial charge in [0.25, 0.3) is 0 Å². The second-order valence-electron chi connectivity index (χ2n) is 10.5. The smallest absolute Gasteiger partial charge is 0.335 e. The SMILES string of the molecule is CC1CC[C@@H]2C(CO1)[C@H]([C@@H](C)C(O)OCc1ccc(C(=O)O)cc1C(C)(C)F)CC[C@H]2C. The van der Waals surface area contributed by atoms with Gasteiger partial charge in [-0.05, 0) is 87.0 Å². The molecule has 180 valence electrons. The molecule has 3 unspecified atom stereocenters. The van der Waals surface area contributed by atoms with Gasteiger partial charge < -0.3 is 19.7 Å². The maximum atomic E-state index is 14.8. The summed E-state index contributed by atoms with van der Waals surface area (Å²) in [5.41, 5.74) is -0.860. The monoisotopic (exact) mass is 450 g/mol. The third kappa shape index (κ3) is 5.70. The normalized spacial score (nSPS) is 30.8. The van der Waals surface area contributed by atoms with Crippen LogP contribution in [0.1, 0.15) is 81.8 Å². The molecule has 2 aliphatic rings. The molecular weight excluding hydrogens is 411 g/mol. The van der Waals surface area contributed by atoms with Crippen molar-refractivity contribution in [1.29, 1.82) is 0 Å². The maximum Gasteiger partial charge on any atom is 0.335 e. The molecule has 2 N–H and O–H groups in total. The summed E-state index contributed by atoms with van der Waals surface area (Å²) in [4.78, 5) is 11.3. The minimum Gasteiger partial charge on any atom is -0.478 e. The van der Waals surface area contributed by atoms with Crippen molar-refractivity contribution in [3.8, 4) is 0 Å². The van der Waals surface area contributed by atoms with Crippen molar-refractivity contribution in [3.63, 3.8) is 0 Å². The van der Waals surface area contributed by atoms with Gasteiger partial charge in [-0.2, -0.15) is 0 Å². The molecule has 6 heteroatoms. The van der Waals surface area contributed by atoms with E-state index in [0.717, 1.165) is 32.3 Å². The van der Waals surface area contributed by atoms with Crippen molar-refractivity contribution < 1.29 is 28.9 Å². The van der Waals surface area contributed by atoms with E-state index in [4.69, 9.17) is 9.47 Å². The number of ether oxygens (including phenoxy) is 2. The average Bonchev–Trinajstić information content (AvgIpc) is 2.93. The zero-order valence-corrected chi connectivity index (χ0v) is 20.0. The molecule has 0 amide bonds. The minimum absolute atomic E-state index is 0.0266. The highest BCUT2D eigenvalue weighted by molar-refractivity contribution is 5.88. The molecule has 1 saturated heterocycles. The van der Waals surface area contributed by atoms with Gasteiger partial charge in [-0.3, -0.25) is 0 Å². The Hall–Kier alpha value is -1.50. The van der Waals surface area contributed by atoms with Gasteiger partial charge in [0.1, 0.15) is 5.67 Å². The van der Waals surface area contributed by atoms with E-state index in [2.05, 4.69) is 13.8 Å². The van der Waals surface area contributed by atoms with E-state index in [1.807, 2.05) is 6.92 Å². The molecule has 32 heavy (non-hydrogen) atoms. The first kappa shape index (κ1) is 25.1. The van der Waals surface area contributed by atoms with Gasteiger partial charge in [-0.1, -0.05) is 26.3 Å². The van der Waals surface area contributed by atoms with Crippen molar-refractivity contribution >= 4 is 5.97 Å². The average molecular weight is 451 g/mol. The molecule has 1 aliphatic heterocycles. The molecule has 0 bridgehead atoms. The first-order valence-corrected chi connectivity index (χ1v) is 12.0. The lowest BCUT2D eigenvalue weighted by atomic mass is 9.62. The van der Waals surface area contributed by atoms with Crippen LogP contribution in [0.2, 0.25) is 0 Å². The van der Waals surface area contributed by atoms with Crippen molar-refractivity contribution in [1.82, 2.24) is 0 Å². The lowest BCUT2D eigenvalue weighted by Gasteiger charge is -2.44. The van der Waals surface area contributed by atoms with Gasteiger partial charge >= 0.3 is 5.97 Å². The molecule has 7 atom stereocenters. The minimum atomic E-state index is -1.72. The van der Waals surface area contributed by atoms with Crippen LogP contribution in [0.3, 0.4) is 0 Å². The largest absolute Gasteiger partial charge is 0.478 e. The van der Waals surface area contributed by atoms with Crippen LogP contribution in [0.25, 0.3) is 0 Å². The van der Waals surface area contributed by atoms with Gasteiger partial charge in [0, 0.05) is 5.92 Å². The highest BCUT2D eigenvalue weighted by Gasteiger charge is 2.43. The number of alkyl halides is 1. The summed E-state index contributed by atoms with van der Waals surface area (Å²) in [6, 6.07) is 4.38. The number of carbonyl (C=O) groups is 1. The molecule has 1 saturated carbocycles. The summed E-state index contributed by atoms with van der Waals surface area (Å²) in [6.07, 6.45) is 3.73. The van der Waals surface area contributed by atoms with Crippen molar-refractivity contribution in [2.75, 3.05) is 6.61 Å². The first-order valence-electron chi connectivity index (χ1n) is 12.0. The van der Waals surface area contributed by atoms with Crippen LogP contribution in [-0.4, -0.2) is 35.2 Å². The lowest BCUT2D eigenvalue weighted by molar-refractivity contribution is -0.164. The number of aromatic carboxylic acids is 1. The Kier molecular flexibility index (Phi) is 8.00. The molecule has 0 spiro atoms. The quantitative estimate of drug-likeness (QED) is 0.534. The fourth-order valence-electron chi connectivity index (χ4n) is 5.73. The number of fused-ring (bicyclic) bond motifs is 1. The van der Waals surface area contributed by atoms with E-state index in [9.17, 15) is 19.4 Å². The molecular formula is C26H39FO5. The van der Waals surface area contributed by atoms with E-state index in [0.29, 0.717) is 29.2 Å². The van der Waals surface area contributed by atoms with Gasteiger partial charge in [-0.25, -0.2) is 9.18 Å². The van der Waals surface area contributed by atoms with Crippen LogP contribution in [0.15, 0.2) is 18.2 Å². The molecule has 1 heterocycles. The predicted octanol–water partition coefficient (Wildman–Crippen LogP) is 5.54. The Bertz CT molecular complexity index is 789. The van der Waals surface area contributed by atoms with Crippen molar-refractivity contribution in [3.05, 3.63) is 34.9 Å². The molecule has 0 radical (unpaired) electrons. The molecule has 1 aromatic carbocycles. The van der Waals surface area contributed by atoms with Crippen LogP contribution in [0, 0.1) is 29.6 Å². The van der Waals surface area contributed by atoms with E-state index < -0.39 is 17.9 Å². The number of carboxylic acid groups (broad SMARTS) is 1. The number of aliphatic hydroxyl groups excluding tert-OH is 1. The van der Waals surface area contributed by atoms with E-state index in [1.54, 1.807) is 6.07 Å². The highest BCUT2D eigenvalue weighted by Crippen LogP contribution is 2.46. The second-order valence-corrected chi connectivity index (χ2v) is 10.5. The number of benzene rings is 1. The van der Waals surface area contributed by atoms with Crippen molar-refractivity contribution in [2.45, 2.75) is 85.0 Å². The topological polar surface area (TPSA) is 76.0 Å². The molecule has 1 aromatic rings. The first-order chi connectivity index (χ1) is 15.0. The lowest BCUT2D eigenvalue weighted by Crippen LogP contribution is -2.42. The molecule has 2 fully saturated rings. The number of carboxylic acids is 1. The van der Waals surface area contributed by atoms with E-state index in [-0.39, 0.29) is 29.8 Å². The van der Waals surface area contributed by atoms with Gasteiger partial charge in [0.05, 0.1) is 24.9 Å². The van der Waals surface area contributed by atoms with Gasteiger partial charge in [0.15, 0.2) is 6.29 Å². The number of hydrogen-bond donors (Lipinski definition) is 2. The van der Waals surface area contributed by atoms with Gasteiger partial charge in [0.2, 0.25) is 0 Å². The zero-order valence-electron chi connectivity index (χ0n) is 20.0. The zero-order chi connectivity index (χ0) is 23.6. The van der Waals surface area contributed by atoms with Crippen LogP contribution in [-0.2, 0) is 21.7 Å². The fraction of sp³-hybridized carbons (Fsp3) is 0.731. The van der Waals surface area contributed by atoms with Crippen LogP contribution >= 0.6 is 0 Å². The number of halogens is 1. The fourth-order valence-corrected chi connectivity index (χ4v) is 5.73. The Morgan fingerprint density at radius 1 is 1.22 bits per heavy atom.